The van der Waals surface area contributed by atoms with Crippen LogP contribution in [0.25, 0.3) is 11.1 Å². The Morgan fingerprint density at radius 3 is 2.34 bits per heavy atom. The molecule has 0 aliphatic rings. The van der Waals surface area contributed by atoms with E-state index in [9.17, 15) is 14.5 Å². The zero-order valence-corrected chi connectivity index (χ0v) is 21.3. The number of aromatic nitrogens is 1. The van der Waals surface area contributed by atoms with Crippen molar-refractivity contribution in [3.8, 4) is 11.1 Å². The summed E-state index contributed by atoms with van der Waals surface area (Å²) in [5.41, 5.74) is 7.04. The molecule has 1 heterocycles. The number of hydrogen-bond acceptors (Lipinski definition) is 5. The second-order valence-electron chi connectivity index (χ2n) is 9.28. The molecule has 4 rings (SSSR count). The number of nitroso groups, excluding NO2 is 1. The summed E-state index contributed by atoms with van der Waals surface area (Å²) >= 11 is 0. The number of pyridine rings is 1. The highest BCUT2D eigenvalue weighted by atomic mass is 16.4. The predicted octanol–water partition coefficient (Wildman–Crippen LogP) is 6.21. The quantitative estimate of drug-likeness (QED) is 0.248. The van der Waals surface area contributed by atoms with Gasteiger partial charge in [0.2, 0.25) is 0 Å². The van der Waals surface area contributed by atoms with E-state index in [0.717, 1.165) is 39.1 Å². The van der Waals surface area contributed by atoms with Crippen LogP contribution in [0.5, 0.6) is 0 Å². The molecular weight excluding hydrogens is 478 g/mol. The molecule has 4 aromatic rings. The third-order valence-corrected chi connectivity index (χ3v) is 6.60. The van der Waals surface area contributed by atoms with Gasteiger partial charge in [0.05, 0.1) is 0 Å². The number of nitrogens with zero attached hydrogens (tertiary/aromatic N) is 2. The Labute approximate surface area is 221 Å². The van der Waals surface area contributed by atoms with E-state index in [-0.39, 0.29) is 5.92 Å². The Kier molecular flexibility index (Phi) is 8.38. The van der Waals surface area contributed by atoms with E-state index in [1.807, 2.05) is 55.5 Å². The van der Waals surface area contributed by atoms with Crippen molar-refractivity contribution < 1.29 is 14.7 Å². The summed E-state index contributed by atoms with van der Waals surface area (Å²) < 4.78 is 0. The molecular formula is C31H29N3O4. The molecule has 3 aromatic carbocycles. The zero-order valence-electron chi connectivity index (χ0n) is 21.3. The van der Waals surface area contributed by atoms with Gasteiger partial charge in [0.15, 0.2) is 0 Å². The molecule has 1 amide bonds. The first kappa shape index (κ1) is 26.4. The molecule has 7 heteroatoms. The fourth-order valence-electron chi connectivity index (χ4n) is 4.69. The van der Waals surface area contributed by atoms with Crippen LogP contribution in [0.3, 0.4) is 0 Å². The number of aliphatic carboxylic acids is 1. The van der Waals surface area contributed by atoms with E-state index in [0.29, 0.717) is 12.0 Å². The van der Waals surface area contributed by atoms with Crippen molar-refractivity contribution in [3.63, 3.8) is 0 Å². The lowest BCUT2D eigenvalue weighted by Crippen LogP contribution is -2.29. The third kappa shape index (κ3) is 6.37. The zero-order chi connectivity index (χ0) is 27.1. The summed E-state index contributed by atoms with van der Waals surface area (Å²) in [5, 5.41) is 14.8. The first-order valence-corrected chi connectivity index (χ1v) is 12.4. The maximum Gasteiger partial charge on any atom is 0.322 e. The smallest absolute Gasteiger partial charge is 0.322 e. The number of carbonyl (C=O) groups excluding carboxylic acids is 1. The average Bonchev–Trinajstić information content (AvgIpc) is 2.93. The first-order chi connectivity index (χ1) is 18.4. The van der Waals surface area contributed by atoms with E-state index in [4.69, 9.17) is 5.11 Å². The lowest BCUT2D eigenvalue weighted by Gasteiger charge is -2.23. The SMILES string of the molecule is Cc1cc(C(CC(c2cccc(-c3cccc(C(=O)NCC(=O)O)c3)c2)c2ccccc2C)N=O)ccn1. The van der Waals surface area contributed by atoms with Crippen LogP contribution in [0.2, 0.25) is 0 Å². The van der Waals surface area contributed by atoms with Crippen LogP contribution in [-0.4, -0.2) is 28.5 Å². The Morgan fingerprint density at radius 2 is 1.63 bits per heavy atom. The van der Waals surface area contributed by atoms with E-state index in [1.165, 1.54) is 0 Å². The molecule has 0 radical (unpaired) electrons. The first-order valence-electron chi connectivity index (χ1n) is 12.4. The summed E-state index contributed by atoms with van der Waals surface area (Å²) in [4.78, 5) is 39.5. The van der Waals surface area contributed by atoms with Crippen LogP contribution in [0.1, 0.15) is 56.7 Å². The molecule has 7 nitrogen and oxygen atoms in total. The molecule has 2 atom stereocenters. The number of carboxylic acid groups (broad SMARTS) is 1. The van der Waals surface area contributed by atoms with Crippen molar-refractivity contribution in [1.29, 1.82) is 0 Å². The standard InChI is InChI=1S/C31H29N3O4/c1-20-7-3-4-12-27(20)28(18-29(34-38)25-13-14-32-21(2)15-25)24-10-5-8-22(16-24)23-9-6-11-26(17-23)31(37)33-19-30(35)36/h3-17,28-29H,18-19H2,1-2H3,(H,33,37)(H,35,36). The Bertz CT molecular complexity index is 1470. The van der Waals surface area contributed by atoms with E-state index < -0.39 is 24.5 Å². The van der Waals surface area contributed by atoms with Crippen molar-refractivity contribution in [3.05, 3.63) is 130 Å². The largest absolute Gasteiger partial charge is 0.480 e. The number of benzene rings is 3. The van der Waals surface area contributed by atoms with Gasteiger partial charge < -0.3 is 10.4 Å². The van der Waals surface area contributed by atoms with Crippen molar-refractivity contribution in [2.75, 3.05) is 6.54 Å². The molecule has 192 valence electrons. The molecule has 0 spiro atoms. The van der Waals surface area contributed by atoms with Gasteiger partial charge in [-0.05, 0) is 77.9 Å². The lowest BCUT2D eigenvalue weighted by atomic mass is 9.82. The lowest BCUT2D eigenvalue weighted by molar-refractivity contribution is -0.135. The molecule has 0 saturated carbocycles. The van der Waals surface area contributed by atoms with Crippen LogP contribution >= 0.6 is 0 Å². The normalized spacial score (nSPS) is 12.4. The van der Waals surface area contributed by atoms with Crippen LogP contribution < -0.4 is 5.32 Å². The van der Waals surface area contributed by atoms with Gasteiger partial charge in [0.25, 0.3) is 5.91 Å². The molecule has 0 aliphatic carbocycles. The van der Waals surface area contributed by atoms with Crippen molar-refractivity contribution in [2.24, 2.45) is 5.18 Å². The van der Waals surface area contributed by atoms with Crippen LogP contribution in [0.4, 0.5) is 0 Å². The molecule has 0 fully saturated rings. The van der Waals surface area contributed by atoms with Gasteiger partial charge in [-0.1, -0.05) is 65.8 Å². The van der Waals surface area contributed by atoms with Gasteiger partial charge in [0, 0.05) is 23.4 Å². The Morgan fingerprint density at radius 1 is 0.895 bits per heavy atom. The molecule has 2 unspecified atom stereocenters. The summed E-state index contributed by atoms with van der Waals surface area (Å²) in [6, 6.07) is 26.5. The summed E-state index contributed by atoms with van der Waals surface area (Å²) in [6.07, 6.45) is 2.19. The number of amides is 1. The van der Waals surface area contributed by atoms with Gasteiger partial charge in [0.1, 0.15) is 12.6 Å². The second-order valence-corrected chi connectivity index (χ2v) is 9.28. The van der Waals surface area contributed by atoms with Gasteiger partial charge in [-0.3, -0.25) is 14.6 Å². The number of aryl methyl sites for hydroxylation is 2. The molecule has 1 aromatic heterocycles. The van der Waals surface area contributed by atoms with E-state index in [1.54, 1.807) is 24.4 Å². The van der Waals surface area contributed by atoms with Crippen LogP contribution in [-0.2, 0) is 4.79 Å². The number of carboxylic acids is 1. The fraction of sp³-hybridized carbons (Fsp3) is 0.194. The molecule has 2 N–H and O–H groups in total. The Balaban J connectivity index is 1.71. The van der Waals surface area contributed by atoms with Crippen LogP contribution in [0, 0.1) is 18.8 Å². The maximum absolute atomic E-state index is 12.4. The van der Waals surface area contributed by atoms with Crippen molar-refractivity contribution >= 4 is 11.9 Å². The highest BCUT2D eigenvalue weighted by Crippen LogP contribution is 2.38. The topological polar surface area (TPSA) is 109 Å². The minimum atomic E-state index is -1.10. The predicted molar refractivity (Wildman–Crippen MR) is 147 cm³/mol. The van der Waals surface area contributed by atoms with E-state index >= 15 is 0 Å². The molecule has 0 bridgehead atoms. The minimum absolute atomic E-state index is 0.102. The maximum atomic E-state index is 12.4. The monoisotopic (exact) mass is 507 g/mol. The molecule has 38 heavy (non-hydrogen) atoms. The van der Waals surface area contributed by atoms with Crippen molar-refractivity contribution in [1.82, 2.24) is 10.3 Å². The third-order valence-electron chi connectivity index (χ3n) is 6.60. The van der Waals surface area contributed by atoms with Gasteiger partial charge in [-0.15, -0.1) is 0 Å². The summed E-state index contributed by atoms with van der Waals surface area (Å²) in [7, 11) is 0. The summed E-state index contributed by atoms with van der Waals surface area (Å²) in [6.45, 7) is 3.51. The van der Waals surface area contributed by atoms with Gasteiger partial charge in [-0.2, -0.15) is 4.91 Å². The van der Waals surface area contributed by atoms with E-state index in [2.05, 4.69) is 40.6 Å². The summed E-state index contributed by atoms with van der Waals surface area (Å²) in [5.74, 6) is -1.65. The van der Waals surface area contributed by atoms with Crippen LogP contribution in [0.15, 0.2) is 96.3 Å². The fourth-order valence-corrected chi connectivity index (χ4v) is 4.69. The minimum Gasteiger partial charge on any atom is -0.480 e. The van der Waals surface area contributed by atoms with Crippen molar-refractivity contribution in [2.45, 2.75) is 32.2 Å². The number of nitrogens with one attached hydrogen (secondary N) is 1. The highest BCUT2D eigenvalue weighted by Gasteiger charge is 2.24. The second kappa shape index (κ2) is 12.1. The molecule has 0 saturated heterocycles. The van der Waals surface area contributed by atoms with Gasteiger partial charge in [-0.25, -0.2) is 0 Å². The Hall–Kier alpha value is -4.65. The number of rotatable bonds is 10. The number of hydrogen-bond donors (Lipinski definition) is 2. The average molecular weight is 508 g/mol. The number of carbonyl (C=O) groups is 2. The van der Waals surface area contributed by atoms with Gasteiger partial charge >= 0.3 is 5.97 Å². The highest BCUT2D eigenvalue weighted by molar-refractivity contribution is 5.96. The molecule has 0 aliphatic heterocycles.